The molecule has 1 saturated heterocycles. The van der Waals surface area contributed by atoms with Crippen molar-refractivity contribution in [1.29, 1.82) is 0 Å². The van der Waals surface area contributed by atoms with Gasteiger partial charge in [-0.3, -0.25) is 9.59 Å². The lowest BCUT2D eigenvalue weighted by molar-refractivity contribution is -0.175. The van der Waals surface area contributed by atoms with Crippen LogP contribution in [-0.4, -0.2) is 66.6 Å². The van der Waals surface area contributed by atoms with E-state index < -0.39 is 5.60 Å². The Kier molecular flexibility index (Phi) is 8.01. The van der Waals surface area contributed by atoms with Crippen molar-refractivity contribution in [2.24, 2.45) is 0 Å². The number of ether oxygens (including phenoxy) is 2. The van der Waals surface area contributed by atoms with Crippen LogP contribution in [0, 0.1) is 0 Å². The maximum absolute atomic E-state index is 13.8. The monoisotopic (exact) mass is 462 g/mol. The van der Waals surface area contributed by atoms with Crippen molar-refractivity contribution >= 4 is 17.9 Å². The molecule has 1 unspecified atom stereocenters. The van der Waals surface area contributed by atoms with Gasteiger partial charge < -0.3 is 19.3 Å². The first-order chi connectivity index (χ1) is 16.6. The molecule has 34 heavy (non-hydrogen) atoms. The lowest BCUT2D eigenvalue weighted by atomic mass is 9.91. The van der Waals surface area contributed by atoms with Gasteiger partial charge in [0, 0.05) is 19.2 Å². The Bertz CT molecular complexity index is 1010. The number of nitrogens with zero attached hydrogens (tertiary/aromatic N) is 2. The number of likely N-dealkylation sites (N-methyl/N-ethyl adjacent to an activating group) is 1. The molecule has 4 rings (SSSR count). The van der Waals surface area contributed by atoms with Crippen LogP contribution in [-0.2, 0) is 20.7 Å². The fourth-order valence-corrected chi connectivity index (χ4v) is 4.73. The molecule has 0 aromatic heterocycles. The van der Waals surface area contributed by atoms with Crippen molar-refractivity contribution in [1.82, 2.24) is 9.80 Å². The van der Waals surface area contributed by atoms with Crippen molar-refractivity contribution in [3.63, 3.8) is 0 Å². The summed E-state index contributed by atoms with van der Waals surface area (Å²) < 4.78 is 12.3. The van der Waals surface area contributed by atoms with Crippen LogP contribution in [0.3, 0.4) is 0 Å². The standard InChI is InChI=1S/C28H34N2O4/c1-2-29-18-20-33-25-14-7-6-12-24(25)13-8-9-17-28(27(29)32)22-30(19-21-34-28)26(31)16-15-23-10-4-3-5-11-23/h3-7,10-12,14-16H,2,8-9,13,17-22H2,1H3/b16-15+. The number of fused-ring (bicyclic) bond motifs is 1. The lowest BCUT2D eigenvalue weighted by Gasteiger charge is -2.43. The first kappa shape index (κ1) is 24.0. The first-order valence-corrected chi connectivity index (χ1v) is 12.3. The van der Waals surface area contributed by atoms with Crippen molar-refractivity contribution in [2.45, 2.75) is 38.2 Å². The van der Waals surface area contributed by atoms with Gasteiger partial charge in [-0.25, -0.2) is 0 Å². The molecule has 6 nitrogen and oxygen atoms in total. The van der Waals surface area contributed by atoms with E-state index in [1.54, 1.807) is 15.9 Å². The Labute approximate surface area is 202 Å². The van der Waals surface area contributed by atoms with Gasteiger partial charge in [-0.05, 0) is 55.9 Å². The number of morpholine rings is 1. The lowest BCUT2D eigenvalue weighted by Crippen LogP contribution is -2.61. The number of rotatable bonds is 3. The minimum Gasteiger partial charge on any atom is -0.491 e. The molecule has 2 aromatic rings. The highest BCUT2D eigenvalue weighted by Gasteiger charge is 2.46. The van der Waals surface area contributed by atoms with Crippen LogP contribution in [0.4, 0.5) is 0 Å². The molecule has 2 aliphatic rings. The molecular formula is C28H34N2O4. The first-order valence-electron chi connectivity index (χ1n) is 12.3. The van der Waals surface area contributed by atoms with Crippen LogP contribution >= 0.6 is 0 Å². The van der Waals surface area contributed by atoms with Crippen LogP contribution in [0.15, 0.2) is 60.7 Å². The topological polar surface area (TPSA) is 59.1 Å². The minimum atomic E-state index is -1.01. The van der Waals surface area contributed by atoms with Gasteiger partial charge in [0.2, 0.25) is 5.91 Å². The zero-order chi connectivity index (χ0) is 23.8. The number of amides is 2. The third-order valence-electron chi connectivity index (χ3n) is 6.64. The zero-order valence-electron chi connectivity index (χ0n) is 19.9. The largest absolute Gasteiger partial charge is 0.491 e. The summed E-state index contributed by atoms with van der Waals surface area (Å²) in [6, 6.07) is 17.9. The third kappa shape index (κ3) is 5.68. The molecule has 2 amide bonds. The summed E-state index contributed by atoms with van der Waals surface area (Å²) in [5, 5.41) is 0. The van der Waals surface area contributed by atoms with Crippen molar-refractivity contribution in [2.75, 3.05) is 39.4 Å². The van der Waals surface area contributed by atoms with Gasteiger partial charge in [-0.1, -0.05) is 48.5 Å². The van der Waals surface area contributed by atoms with Crippen molar-refractivity contribution < 1.29 is 19.1 Å². The summed E-state index contributed by atoms with van der Waals surface area (Å²) >= 11 is 0. The highest BCUT2D eigenvalue weighted by molar-refractivity contribution is 5.93. The number of aryl methyl sites for hydroxylation is 1. The van der Waals surface area contributed by atoms with Crippen LogP contribution in [0.1, 0.15) is 37.3 Å². The molecule has 180 valence electrons. The number of benzene rings is 2. The van der Waals surface area contributed by atoms with E-state index in [9.17, 15) is 9.59 Å². The van der Waals surface area contributed by atoms with E-state index in [-0.39, 0.29) is 18.4 Å². The summed E-state index contributed by atoms with van der Waals surface area (Å²) in [6.45, 7) is 4.56. The maximum Gasteiger partial charge on any atom is 0.256 e. The molecular weight excluding hydrogens is 428 g/mol. The van der Waals surface area contributed by atoms with Gasteiger partial charge in [-0.2, -0.15) is 0 Å². The maximum atomic E-state index is 13.8. The molecule has 2 aromatic carbocycles. The third-order valence-corrected chi connectivity index (χ3v) is 6.64. The molecule has 2 heterocycles. The van der Waals surface area contributed by atoms with Gasteiger partial charge in [-0.15, -0.1) is 0 Å². The predicted octanol–water partition coefficient (Wildman–Crippen LogP) is 3.95. The number of hydrogen-bond donors (Lipinski definition) is 0. The average Bonchev–Trinajstić information content (AvgIpc) is 2.88. The Morgan fingerprint density at radius 2 is 1.82 bits per heavy atom. The van der Waals surface area contributed by atoms with Crippen LogP contribution in [0.25, 0.3) is 6.08 Å². The second kappa shape index (κ2) is 11.3. The predicted molar refractivity (Wildman–Crippen MR) is 132 cm³/mol. The smallest absolute Gasteiger partial charge is 0.256 e. The van der Waals surface area contributed by atoms with Crippen LogP contribution in [0.2, 0.25) is 0 Å². The Morgan fingerprint density at radius 1 is 1.03 bits per heavy atom. The van der Waals surface area contributed by atoms with Crippen LogP contribution < -0.4 is 4.74 Å². The molecule has 1 fully saturated rings. The van der Waals surface area contributed by atoms with Crippen molar-refractivity contribution in [3.05, 3.63) is 71.8 Å². The second-order valence-electron chi connectivity index (χ2n) is 8.89. The molecule has 6 heteroatoms. The molecule has 1 spiro atoms. The zero-order valence-corrected chi connectivity index (χ0v) is 19.9. The summed E-state index contributed by atoms with van der Waals surface area (Å²) in [7, 11) is 0. The SMILES string of the molecule is CCN1CCOc2ccccc2CCCCC2(CN(C(=O)/C=C/c3ccccc3)CCO2)C1=O. The molecule has 0 bridgehead atoms. The minimum absolute atomic E-state index is 0.0444. The Hall–Kier alpha value is -3.12. The highest BCUT2D eigenvalue weighted by Crippen LogP contribution is 2.29. The van der Waals surface area contributed by atoms with Gasteiger partial charge >= 0.3 is 0 Å². The van der Waals surface area contributed by atoms with E-state index >= 15 is 0 Å². The van der Waals surface area contributed by atoms with E-state index in [4.69, 9.17) is 9.47 Å². The normalized spacial score (nSPS) is 22.1. The summed E-state index contributed by atoms with van der Waals surface area (Å²) in [5.74, 6) is 0.764. The molecule has 0 saturated carbocycles. The molecule has 0 N–H and O–H groups in total. The number of carbonyl (C=O) groups is 2. The van der Waals surface area contributed by atoms with E-state index in [0.29, 0.717) is 39.3 Å². The highest BCUT2D eigenvalue weighted by atomic mass is 16.5. The quantitative estimate of drug-likeness (QED) is 0.648. The van der Waals surface area contributed by atoms with Gasteiger partial charge in [0.25, 0.3) is 5.91 Å². The van der Waals surface area contributed by atoms with E-state index in [0.717, 1.165) is 30.6 Å². The number of hydrogen-bond acceptors (Lipinski definition) is 4. The molecule has 1 atom stereocenters. The fraction of sp³-hybridized carbons (Fsp3) is 0.429. The van der Waals surface area contributed by atoms with Gasteiger partial charge in [0.15, 0.2) is 5.60 Å². The number of para-hydroxylation sites is 1. The molecule has 0 radical (unpaired) electrons. The van der Waals surface area contributed by atoms with E-state index in [2.05, 4.69) is 6.07 Å². The summed E-state index contributed by atoms with van der Waals surface area (Å²) in [5.41, 5.74) is 1.15. The van der Waals surface area contributed by atoms with E-state index in [1.807, 2.05) is 61.5 Å². The average molecular weight is 463 g/mol. The second-order valence-corrected chi connectivity index (χ2v) is 8.89. The summed E-state index contributed by atoms with van der Waals surface area (Å²) in [6.07, 6.45) is 6.65. The Balaban J connectivity index is 1.51. The van der Waals surface area contributed by atoms with Gasteiger partial charge in [0.05, 0.1) is 19.7 Å². The molecule has 0 aliphatic carbocycles. The Morgan fingerprint density at radius 3 is 2.65 bits per heavy atom. The van der Waals surface area contributed by atoms with Gasteiger partial charge in [0.1, 0.15) is 12.4 Å². The number of carbonyl (C=O) groups excluding carboxylic acids is 2. The van der Waals surface area contributed by atoms with E-state index in [1.165, 1.54) is 5.56 Å². The fourth-order valence-electron chi connectivity index (χ4n) is 4.73. The summed E-state index contributed by atoms with van der Waals surface area (Å²) in [4.78, 5) is 30.3. The van der Waals surface area contributed by atoms with Crippen molar-refractivity contribution in [3.8, 4) is 5.75 Å². The molecule has 2 aliphatic heterocycles. The van der Waals surface area contributed by atoms with Crippen LogP contribution in [0.5, 0.6) is 5.75 Å².